The Morgan fingerprint density at radius 1 is 0.914 bits per heavy atom. The van der Waals surface area contributed by atoms with Crippen molar-refractivity contribution in [3.05, 3.63) is 89.5 Å². The Kier molecular flexibility index (Phi) is 7.45. The minimum absolute atomic E-state index is 0.0593. The molecule has 0 radical (unpaired) electrons. The van der Waals surface area contributed by atoms with Gasteiger partial charge in [-0.15, -0.1) is 0 Å². The van der Waals surface area contributed by atoms with Gasteiger partial charge in [0.25, 0.3) is 0 Å². The Balaban J connectivity index is 1.37. The molecule has 1 atom stereocenters. The van der Waals surface area contributed by atoms with Gasteiger partial charge in [0.1, 0.15) is 12.6 Å². The molecule has 0 aromatic heterocycles. The van der Waals surface area contributed by atoms with Crippen LogP contribution in [-0.2, 0) is 20.7 Å². The second-order valence-electron chi connectivity index (χ2n) is 8.57. The number of anilines is 1. The standard InChI is InChI=1S/C28H28N2O5/c1-2-7-25(27(33)29-19-14-12-18(13-15-19)16-26(31)32)30-28(34)35-17-24-22-10-5-3-8-20(22)21-9-4-6-11-23(21)24/h3-6,8-15,24-25H,2,7,16-17H2,1H3,(H,29,33)(H,30,34)(H,31,32)/t25-/m0/s1. The summed E-state index contributed by atoms with van der Waals surface area (Å²) in [6.45, 7) is 2.10. The van der Waals surface area contributed by atoms with E-state index in [1.165, 1.54) is 0 Å². The summed E-state index contributed by atoms with van der Waals surface area (Å²) in [5.74, 6) is -1.33. The van der Waals surface area contributed by atoms with Crippen molar-refractivity contribution in [3.8, 4) is 11.1 Å². The van der Waals surface area contributed by atoms with E-state index in [4.69, 9.17) is 9.84 Å². The summed E-state index contributed by atoms with van der Waals surface area (Å²) < 4.78 is 5.58. The first-order chi connectivity index (χ1) is 17.0. The zero-order valence-electron chi connectivity index (χ0n) is 19.5. The third kappa shape index (κ3) is 5.69. The van der Waals surface area contributed by atoms with Crippen molar-refractivity contribution < 1.29 is 24.2 Å². The van der Waals surface area contributed by atoms with Crippen LogP contribution in [-0.4, -0.2) is 35.7 Å². The lowest BCUT2D eigenvalue weighted by molar-refractivity contribution is -0.136. The number of ether oxygens (including phenoxy) is 1. The number of alkyl carbamates (subject to hydrolysis) is 1. The number of fused-ring (bicyclic) bond motifs is 3. The molecule has 3 aromatic rings. The minimum atomic E-state index is -0.919. The molecule has 0 bridgehead atoms. The van der Waals surface area contributed by atoms with E-state index in [0.717, 1.165) is 22.3 Å². The van der Waals surface area contributed by atoms with E-state index in [9.17, 15) is 14.4 Å². The van der Waals surface area contributed by atoms with Crippen molar-refractivity contribution in [2.24, 2.45) is 0 Å². The van der Waals surface area contributed by atoms with Gasteiger partial charge in [0.05, 0.1) is 6.42 Å². The Hall–Kier alpha value is -4.13. The first kappa shape index (κ1) is 24.0. The maximum atomic E-state index is 12.8. The minimum Gasteiger partial charge on any atom is -0.481 e. The predicted molar refractivity (Wildman–Crippen MR) is 133 cm³/mol. The van der Waals surface area contributed by atoms with Crippen LogP contribution in [0.15, 0.2) is 72.8 Å². The Morgan fingerprint density at radius 2 is 1.51 bits per heavy atom. The van der Waals surface area contributed by atoms with E-state index in [1.54, 1.807) is 24.3 Å². The molecule has 2 amide bonds. The average molecular weight is 473 g/mol. The maximum Gasteiger partial charge on any atom is 0.407 e. The topological polar surface area (TPSA) is 105 Å². The molecular formula is C28H28N2O5. The molecule has 0 saturated heterocycles. The number of carboxylic acid groups (broad SMARTS) is 1. The molecule has 35 heavy (non-hydrogen) atoms. The number of amides is 2. The zero-order chi connectivity index (χ0) is 24.8. The van der Waals surface area contributed by atoms with E-state index in [1.807, 2.05) is 31.2 Å². The van der Waals surface area contributed by atoms with Crippen LogP contribution in [0.5, 0.6) is 0 Å². The van der Waals surface area contributed by atoms with Crippen LogP contribution in [0.1, 0.15) is 42.4 Å². The fourth-order valence-electron chi connectivity index (χ4n) is 4.45. The highest BCUT2D eigenvalue weighted by Gasteiger charge is 2.29. The first-order valence-electron chi connectivity index (χ1n) is 11.7. The normalized spacial score (nSPS) is 12.8. The monoisotopic (exact) mass is 472 g/mol. The van der Waals surface area contributed by atoms with Gasteiger partial charge in [0, 0.05) is 11.6 Å². The maximum absolute atomic E-state index is 12.8. The van der Waals surface area contributed by atoms with Gasteiger partial charge in [-0.3, -0.25) is 9.59 Å². The largest absolute Gasteiger partial charge is 0.481 e. The van der Waals surface area contributed by atoms with Gasteiger partial charge >= 0.3 is 12.1 Å². The molecule has 180 valence electrons. The van der Waals surface area contributed by atoms with Gasteiger partial charge in [-0.05, 0) is 46.4 Å². The Labute approximate surface area is 204 Å². The number of carbonyl (C=O) groups is 3. The smallest absolute Gasteiger partial charge is 0.407 e. The Bertz CT molecular complexity index is 1180. The average Bonchev–Trinajstić information content (AvgIpc) is 3.17. The summed E-state index contributed by atoms with van der Waals surface area (Å²) in [6, 6.07) is 22.0. The van der Waals surface area contributed by atoms with E-state index < -0.39 is 18.1 Å². The summed E-state index contributed by atoms with van der Waals surface area (Å²) >= 11 is 0. The molecular weight excluding hydrogens is 444 g/mol. The summed E-state index contributed by atoms with van der Waals surface area (Å²) in [5.41, 5.74) is 5.70. The van der Waals surface area contributed by atoms with Crippen molar-refractivity contribution >= 4 is 23.7 Å². The molecule has 4 rings (SSSR count). The molecule has 0 heterocycles. The lowest BCUT2D eigenvalue weighted by Crippen LogP contribution is -2.44. The van der Waals surface area contributed by atoms with Crippen LogP contribution >= 0.6 is 0 Å². The number of rotatable bonds is 9. The van der Waals surface area contributed by atoms with Crippen LogP contribution in [0.2, 0.25) is 0 Å². The van der Waals surface area contributed by atoms with E-state index in [-0.39, 0.29) is 24.9 Å². The number of carbonyl (C=O) groups excluding carboxylic acids is 2. The molecule has 7 nitrogen and oxygen atoms in total. The van der Waals surface area contributed by atoms with Gasteiger partial charge in [0.15, 0.2) is 0 Å². The second kappa shape index (κ2) is 10.9. The van der Waals surface area contributed by atoms with Crippen molar-refractivity contribution in [3.63, 3.8) is 0 Å². The third-order valence-electron chi connectivity index (χ3n) is 6.11. The highest BCUT2D eigenvalue weighted by molar-refractivity contribution is 5.96. The fraction of sp³-hybridized carbons (Fsp3) is 0.250. The molecule has 7 heteroatoms. The molecule has 1 aliphatic rings. The molecule has 0 saturated carbocycles. The number of aliphatic carboxylic acids is 1. The lowest BCUT2D eigenvalue weighted by Gasteiger charge is -2.19. The van der Waals surface area contributed by atoms with E-state index in [0.29, 0.717) is 24.1 Å². The van der Waals surface area contributed by atoms with Gasteiger partial charge < -0.3 is 20.5 Å². The van der Waals surface area contributed by atoms with Crippen LogP contribution in [0.4, 0.5) is 10.5 Å². The number of hydrogen-bond acceptors (Lipinski definition) is 4. The summed E-state index contributed by atoms with van der Waals surface area (Å²) in [7, 11) is 0. The number of carboxylic acids is 1. The lowest BCUT2D eigenvalue weighted by atomic mass is 9.98. The Morgan fingerprint density at radius 3 is 2.09 bits per heavy atom. The van der Waals surface area contributed by atoms with Crippen molar-refractivity contribution in [2.75, 3.05) is 11.9 Å². The molecule has 1 aliphatic carbocycles. The predicted octanol–water partition coefficient (Wildman–Crippen LogP) is 4.96. The quantitative estimate of drug-likeness (QED) is 0.408. The summed E-state index contributed by atoms with van der Waals surface area (Å²) in [6.07, 6.45) is 0.417. The number of benzene rings is 3. The van der Waals surface area contributed by atoms with Crippen molar-refractivity contribution in [2.45, 2.75) is 38.1 Å². The molecule has 3 aromatic carbocycles. The highest BCUT2D eigenvalue weighted by atomic mass is 16.5. The number of nitrogens with one attached hydrogen (secondary N) is 2. The van der Waals surface area contributed by atoms with Crippen LogP contribution in [0.25, 0.3) is 11.1 Å². The SMILES string of the molecule is CCC[C@H](NC(=O)OCC1c2ccccc2-c2ccccc21)C(=O)Nc1ccc(CC(=O)O)cc1. The van der Waals surface area contributed by atoms with Gasteiger partial charge in [-0.25, -0.2) is 4.79 Å². The summed E-state index contributed by atoms with van der Waals surface area (Å²) in [4.78, 5) is 36.3. The number of hydrogen-bond donors (Lipinski definition) is 3. The first-order valence-corrected chi connectivity index (χ1v) is 11.7. The van der Waals surface area contributed by atoms with E-state index >= 15 is 0 Å². The van der Waals surface area contributed by atoms with Crippen LogP contribution in [0, 0.1) is 0 Å². The van der Waals surface area contributed by atoms with Crippen LogP contribution in [0.3, 0.4) is 0 Å². The van der Waals surface area contributed by atoms with Crippen LogP contribution < -0.4 is 10.6 Å². The van der Waals surface area contributed by atoms with Gasteiger partial charge in [-0.1, -0.05) is 74.0 Å². The molecule has 0 aliphatic heterocycles. The van der Waals surface area contributed by atoms with Gasteiger partial charge in [-0.2, -0.15) is 0 Å². The fourth-order valence-corrected chi connectivity index (χ4v) is 4.45. The second-order valence-corrected chi connectivity index (χ2v) is 8.57. The summed E-state index contributed by atoms with van der Waals surface area (Å²) in [5, 5.41) is 14.4. The van der Waals surface area contributed by atoms with Crippen molar-refractivity contribution in [1.82, 2.24) is 5.32 Å². The van der Waals surface area contributed by atoms with Gasteiger partial charge in [0.2, 0.25) is 5.91 Å². The molecule has 0 unspecified atom stereocenters. The van der Waals surface area contributed by atoms with Crippen molar-refractivity contribution in [1.29, 1.82) is 0 Å². The molecule has 3 N–H and O–H groups in total. The zero-order valence-corrected chi connectivity index (χ0v) is 19.5. The molecule has 0 spiro atoms. The highest BCUT2D eigenvalue weighted by Crippen LogP contribution is 2.44. The van der Waals surface area contributed by atoms with E-state index in [2.05, 4.69) is 34.9 Å². The third-order valence-corrected chi connectivity index (χ3v) is 6.11. The molecule has 0 fully saturated rings.